The van der Waals surface area contributed by atoms with E-state index in [2.05, 4.69) is 0 Å². The van der Waals surface area contributed by atoms with Crippen LogP contribution >= 0.6 is 11.6 Å². The summed E-state index contributed by atoms with van der Waals surface area (Å²) in [4.78, 5) is 11.7. The van der Waals surface area contributed by atoms with Crippen LogP contribution in [0.5, 0.6) is 5.75 Å². The molecule has 4 nitrogen and oxygen atoms in total. The first-order valence-corrected chi connectivity index (χ1v) is 6.94. The van der Waals surface area contributed by atoms with E-state index in [4.69, 9.17) is 26.8 Å². The Morgan fingerprint density at radius 1 is 1.27 bits per heavy atom. The van der Waals surface area contributed by atoms with Crippen LogP contribution in [0.25, 0.3) is 11.1 Å². The number of rotatable bonds is 5. The van der Waals surface area contributed by atoms with Crippen molar-refractivity contribution in [1.29, 1.82) is 0 Å². The molecule has 0 amide bonds. The van der Waals surface area contributed by atoms with Crippen LogP contribution in [0, 0.1) is 5.82 Å². The minimum absolute atomic E-state index is 0.265. The Kier molecular flexibility index (Phi) is 5.35. The molecule has 0 aliphatic rings. The molecule has 2 rings (SSSR count). The second-order valence-corrected chi connectivity index (χ2v) is 4.94. The lowest BCUT2D eigenvalue weighted by atomic mass is 10.0. The maximum atomic E-state index is 14.1. The summed E-state index contributed by atoms with van der Waals surface area (Å²) in [5.74, 6) is -0.606. The van der Waals surface area contributed by atoms with Gasteiger partial charge in [0.05, 0.1) is 12.7 Å². The molecule has 0 saturated heterocycles. The minimum Gasteiger partial charge on any atom is -0.492 e. The van der Waals surface area contributed by atoms with E-state index in [9.17, 15) is 9.18 Å². The monoisotopic (exact) mass is 323 g/mol. The van der Waals surface area contributed by atoms with Crippen molar-refractivity contribution in [2.45, 2.75) is 0 Å². The standard InChI is InChI=1S/C16H15ClFNO3/c1-21-16(20)11-6-10(7-13(8-11)22-5-4-19)14-3-2-12(17)9-15(14)18/h2-3,6-9H,4-5,19H2,1H3. The highest BCUT2D eigenvalue weighted by Gasteiger charge is 2.13. The molecule has 0 fully saturated rings. The third-order valence-electron chi connectivity index (χ3n) is 2.96. The lowest BCUT2D eigenvalue weighted by Crippen LogP contribution is -2.11. The molecule has 6 heteroatoms. The average Bonchev–Trinajstić information content (AvgIpc) is 2.51. The predicted octanol–water partition coefficient (Wildman–Crippen LogP) is 3.27. The Hall–Kier alpha value is -2.11. The van der Waals surface area contributed by atoms with Gasteiger partial charge in [0.25, 0.3) is 0 Å². The Morgan fingerprint density at radius 2 is 2.05 bits per heavy atom. The molecule has 0 unspecified atom stereocenters. The fourth-order valence-corrected chi connectivity index (χ4v) is 2.13. The van der Waals surface area contributed by atoms with E-state index in [0.29, 0.717) is 28.4 Å². The van der Waals surface area contributed by atoms with Gasteiger partial charge < -0.3 is 15.2 Å². The van der Waals surface area contributed by atoms with E-state index in [1.54, 1.807) is 18.2 Å². The van der Waals surface area contributed by atoms with Gasteiger partial charge >= 0.3 is 5.97 Å². The van der Waals surface area contributed by atoms with E-state index in [0.717, 1.165) is 0 Å². The van der Waals surface area contributed by atoms with Gasteiger partial charge in [-0.2, -0.15) is 0 Å². The zero-order valence-corrected chi connectivity index (χ0v) is 12.7. The molecule has 116 valence electrons. The van der Waals surface area contributed by atoms with Crippen LogP contribution < -0.4 is 10.5 Å². The molecule has 0 aromatic heterocycles. The molecule has 0 saturated carbocycles. The zero-order valence-electron chi connectivity index (χ0n) is 11.9. The largest absolute Gasteiger partial charge is 0.492 e. The number of esters is 1. The Labute approximate surface area is 132 Å². The average molecular weight is 324 g/mol. The van der Waals surface area contributed by atoms with E-state index < -0.39 is 11.8 Å². The molecule has 0 heterocycles. The van der Waals surface area contributed by atoms with E-state index in [1.807, 2.05) is 0 Å². The summed E-state index contributed by atoms with van der Waals surface area (Å²) in [6.45, 7) is 0.611. The van der Waals surface area contributed by atoms with Gasteiger partial charge in [0.15, 0.2) is 0 Å². The number of nitrogens with two attached hydrogens (primary N) is 1. The molecule has 2 aromatic carbocycles. The molecule has 2 aromatic rings. The van der Waals surface area contributed by atoms with Crippen molar-refractivity contribution in [1.82, 2.24) is 0 Å². The smallest absolute Gasteiger partial charge is 0.338 e. The summed E-state index contributed by atoms with van der Waals surface area (Å²) in [7, 11) is 1.28. The van der Waals surface area contributed by atoms with E-state index in [-0.39, 0.29) is 12.2 Å². The summed E-state index contributed by atoms with van der Waals surface area (Å²) in [6.07, 6.45) is 0. The number of carbonyl (C=O) groups is 1. The lowest BCUT2D eigenvalue weighted by Gasteiger charge is -2.11. The Balaban J connectivity index is 2.51. The van der Waals surface area contributed by atoms with Gasteiger partial charge in [-0.15, -0.1) is 0 Å². The van der Waals surface area contributed by atoms with Crippen LogP contribution in [-0.4, -0.2) is 26.2 Å². The summed E-state index contributed by atoms with van der Waals surface area (Å²) < 4.78 is 24.2. The summed E-state index contributed by atoms with van der Waals surface area (Å²) in [5, 5.41) is 0.296. The highest BCUT2D eigenvalue weighted by atomic mass is 35.5. The van der Waals surface area contributed by atoms with Gasteiger partial charge in [-0.25, -0.2) is 9.18 Å². The first-order chi connectivity index (χ1) is 10.5. The molecule has 22 heavy (non-hydrogen) atoms. The first-order valence-electron chi connectivity index (χ1n) is 6.57. The van der Waals surface area contributed by atoms with Crippen molar-refractivity contribution in [3.8, 4) is 16.9 Å². The number of carbonyl (C=O) groups excluding carboxylic acids is 1. The molecule has 2 N–H and O–H groups in total. The highest BCUT2D eigenvalue weighted by molar-refractivity contribution is 6.30. The first kappa shape index (κ1) is 16.3. The predicted molar refractivity (Wildman–Crippen MR) is 82.7 cm³/mol. The number of hydrogen-bond acceptors (Lipinski definition) is 4. The van der Waals surface area contributed by atoms with Gasteiger partial charge in [0, 0.05) is 17.1 Å². The van der Waals surface area contributed by atoms with Crippen LogP contribution in [-0.2, 0) is 4.74 Å². The number of halogens is 2. The fraction of sp³-hybridized carbons (Fsp3) is 0.188. The summed E-state index contributed by atoms with van der Waals surface area (Å²) in [6, 6.07) is 9.02. The molecule has 0 radical (unpaired) electrons. The summed E-state index contributed by atoms with van der Waals surface area (Å²) >= 11 is 5.76. The third kappa shape index (κ3) is 3.75. The number of benzene rings is 2. The maximum Gasteiger partial charge on any atom is 0.338 e. The molecular formula is C16H15ClFNO3. The van der Waals surface area contributed by atoms with Crippen molar-refractivity contribution < 1.29 is 18.7 Å². The molecule has 0 spiro atoms. The van der Waals surface area contributed by atoms with Crippen molar-refractivity contribution in [3.05, 3.63) is 52.8 Å². The Morgan fingerprint density at radius 3 is 2.68 bits per heavy atom. The SMILES string of the molecule is COC(=O)c1cc(OCCN)cc(-c2ccc(Cl)cc2F)c1. The van der Waals surface area contributed by atoms with Crippen LogP contribution in [0.15, 0.2) is 36.4 Å². The Bertz CT molecular complexity index is 691. The van der Waals surface area contributed by atoms with Gasteiger partial charge in [-0.1, -0.05) is 11.6 Å². The molecule has 0 aliphatic heterocycles. The van der Waals surface area contributed by atoms with Gasteiger partial charge in [0.2, 0.25) is 0 Å². The third-order valence-corrected chi connectivity index (χ3v) is 3.19. The van der Waals surface area contributed by atoms with Crippen molar-refractivity contribution in [2.75, 3.05) is 20.3 Å². The van der Waals surface area contributed by atoms with Crippen molar-refractivity contribution in [2.24, 2.45) is 5.73 Å². The number of hydrogen-bond donors (Lipinski definition) is 1. The normalized spacial score (nSPS) is 10.4. The topological polar surface area (TPSA) is 61.5 Å². The highest BCUT2D eigenvalue weighted by Crippen LogP contribution is 2.30. The van der Waals surface area contributed by atoms with Gasteiger partial charge in [0.1, 0.15) is 18.2 Å². The zero-order chi connectivity index (χ0) is 16.1. The second-order valence-electron chi connectivity index (χ2n) is 4.50. The molecule has 0 bridgehead atoms. The maximum absolute atomic E-state index is 14.1. The quantitative estimate of drug-likeness (QED) is 0.858. The van der Waals surface area contributed by atoms with Gasteiger partial charge in [-0.05, 0) is 42.0 Å². The molecular weight excluding hydrogens is 309 g/mol. The van der Waals surface area contributed by atoms with E-state index in [1.165, 1.54) is 25.3 Å². The minimum atomic E-state index is -0.533. The van der Waals surface area contributed by atoms with Gasteiger partial charge in [-0.3, -0.25) is 0 Å². The van der Waals surface area contributed by atoms with Crippen molar-refractivity contribution >= 4 is 17.6 Å². The van der Waals surface area contributed by atoms with Crippen LogP contribution in [0.2, 0.25) is 5.02 Å². The molecule has 0 aliphatic carbocycles. The second kappa shape index (κ2) is 7.24. The van der Waals surface area contributed by atoms with Crippen molar-refractivity contribution in [3.63, 3.8) is 0 Å². The molecule has 0 atom stereocenters. The lowest BCUT2D eigenvalue weighted by molar-refractivity contribution is 0.0600. The number of methoxy groups -OCH3 is 1. The summed E-state index contributed by atoms with van der Waals surface area (Å²) in [5.41, 5.74) is 6.47. The van der Waals surface area contributed by atoms with Crippen LogP contribution in [0.4, 0.5) is 4.39 Å². The van der Waals surface area contributed by atoms with Crippen LogP contribution in [0.3, 0.4) is 0 Å². The van der Waals surface area contributed by atoms with Crippen LogP contribution in [0.1, 0.15) is 10.4 Å². The fourth-order valence-electron chi connectivity index (χ4n) is 1.97. The number of ether oxygens (including phenoxy) is 2. The van der Waals surface area contributed by atoms with E-state index >= 15 is 0 Å².